The van der Waals surface area contributed by atoms with Crippen LogP contribution in [0.1, 0.15) is 30.4 Å². The summed E-state index contributed by atoms with van der Waals surface area (Å²) in [5, 5.41) is 20.6. The van der Waals surface area contributed by atoms with Crippen LogP contribution in [0, 0.1) is 23.3 Å². The largest absolute Gasteiger partial charge is 0.506 e. The van der Waals surface area contributed by atoms with Crippen LogP contribution in [0.4, 0.5) is 33.7 Å². The zero-order valence-corrected chi connectivity index (χ0v) is 28.6. The fourth-order valence-corrected chi connectivity index (χ4v) is 7.11. The Morgan fingerprint density at radius 2 is 1.58 bits per heavy atom. The Kier molecular flexibility index (Phi) is 11.5. The molecular formula is C37H36F4N6O4S. The molecular weight excluding hydrogens is 701 g/mol. The second-order valence-corrected chi connectivity index (χ2v) is 13.4. The number of halogens is 4. The zero-order valence-electron chi connectivity index (χ0n) is 27.8. The molecule has 0 spiro atoms. The number of aromatic hydroxyl groups is 1. The Labute approximate surface area is 299 Å². The first-order chi connectivity index (χ1) is 25.1. The average Bonchev–Trinajstić information content (AvgIpc) is 3.56. The number of phenolic OH excluding ortho intramolecular Hbond substituents is 1. The molecule has 1 aliphatic heterocycles. The van der Waals surface area contributed by atoms with E-state index in [1.165, 1.54) is 6.07 Å². The summed E-state index contributed by atoms with van der Waals surface area (Å²) in [7, 11) is 0. The molecule has 0 unspecified atom stereocenters. The topological polar surface area (TPSA) is 139 Å². The number of hydrogen-bond acceptors (Lipinski definition) is 7. The summed E-state index contributed by atoms with van der Waals surface area (Å²) in [6.45, 7) is 0.928. The summed E-state index contributed by atoms with van der Waals surface area (Å²) in [4.78, 5) is 41.3. The van der Waals surface area contributed by atoms with Crippen molar-refractivity contribution in [3.63, 3.8) is 0 Å². The van der Waals surface area contributed by atoms with Gasteiger partial charge >= 0.3 is 10.9 Å². The van der Waals surface area contributed by atoms with Crippen molar-refractivity contribution in [2.75, 3.05) is 36.8 Å². The minimum atomic E-state index is -1.71. The molecule has 1 fully saturated rings. The molecule has 3 amide bonds. The first-order valence-corrected chi connectivity index (χ1v) is 17.5. The minimum Gasteiger partial charge on any atom is -0.506 e. The third-order valence-electron chi connectivity index (χ3n) is 8.97. The van der Waals surface area contributed by atoms with E-state index in [0.29, 0.717) is 48.3 Å². The molecule has 0 aliphatic carbocycles. The van der Waals surface area contributed by atoms with Gasteiger partial charge in [-0.15, -0.1) is 0 Å². The van der Waals surface area contributed by atoms with Gasteiger partial charge in [-0.1, -0.05) is 65.9 Å². The van der Waals surface area contributed by atoms with Crippen molar-refractivity contribution >= 4 is 44.9 Å². The number of rotatable bonds is 12. The monoisotopic (exact) mass is 736 g/mol. The third kappa shape index (κ3) is 8.44. The maximum absolute atomic E-state index is 14.9. The quantitative estimate of drug-likeness (QED) is 0.0494. The number of carbonyl (C=O) groups is 2. The van der Waals surface area contributed by atoms with Crippen LogP contribution in [0.3, 0.4) is 0 Å². The molecule has 1 aliphatic rings. The lowest BCUT2D eigenvalue weighted by molar-refractivity contribution is -0.116. The SMILES string of the molecule is O=C(CCN1CCC(NC(=O)Nc2ccccc2-c2ccccc2)CC1)Nc1c(F)c(F)c(CNCCc2ccc(O)c3[nH]c(=O)sc23)c(F)c1F. The van der Waals surface area contributed by atoms with Crippen LogP contribution in [-0.4, -0.2) is 59.1 Å². The Balaban J connectivity index is 0.953. The number of phenols is 1. The van der Waals surface area contributed by atoms with Crippen LogP contribution in [0.15, 0.2) is 71.5 Å². The van der Waals surface area contributed by atoms with Crippen molar-refractivity contribution in [3.05, 3.63) is 111 Å². The van der Waals surface area contributed by atoms with Crippen LogP contribution < -0.4 is 26.1 Å². The maximum atomic E-state index is 14.9. The van der Waals surface area contributed by atoms with E-state index in [2.05, 4.69) is 20.9 Å². The lowest BCUT2D eigenvalue weighted by Gasteiger charge is -2.32. The number of nitrogens with one attached hydrogen (secondary N) is 5. The normalized spacial score (nSPS) is 13.7. The van der Waals surface area contributed by atoms with Crippen LogP contribution >= 0.6 is 11.3 Å². The third-order valence-corrected chi connectivity index (χ3v) is 9.93. The Morgan fingerprint density at radius 3 is 2.31 bits per heavy atom. The number of hydrogen-bond donors (Lipinski definition) is 6. The zero-order chi connectivity index (χ0) is 36.8. The fourth-order valence-electron chi connectivity index (χ4n) is 6.22. The van der Waals surface area contributed by atoms with Crippen molar-refractivity contribution in [3.8, 4) is 16.9 Å². The van der Waals surface area contributed by atoms with E-state index in [1.807, 2.05) is 64.8 Å². The first-order valence-electron chi connectivity index (χ1n) is 16.7. The molecule has 1 saturated heterocycles. The second kappa shape index (κ2) is 16.4. The van der Waals surface area contributed by atoms with Crippen molar-refractivity contribution in [2.45, 2.75) is 38.3 Å². The molecule has 4 aromatic carbocycles. The van der Waals surface area contributed by atoms with Gasteiger partial charge in [0.25, 0.3) is 0 Å². The van der Waals surface area contributed by atoms with Crippen molar-refractivity contribution in [1.29, 1.82) is 0 Å². The van der Waals surface area contributed by atoms with Gasteiger partial charge in [0.05, 0.1) is 10.4 Å². The number of para-hydroxylation sites is 1. The summed E-state index contributed by atoms with van der Waals surface area (Å²) in [6.07, 6.45) is 1.33. The van der Waals surface area contributed by atoms with Crippen LogP contribution in [-0.2, 0) is 17.8 Å². The maximum Gasteiger partial charge on any atom is 0.319 e. The van der Waals surface area contributed by atoms with Gasteiger partial charge in [-0.2, -0.15) is 0 Å². The predicted octanol–water partition coefficient (Wildman–Crippen LogP) is 6.47. The highest BCUT2D eigenvalue weighted by Gasteiger charge is 2.27. The number of piperidine rings is 1. The molecule has 2 heterocycles. The van der Waals surface area contributed by atoms with Crippen molar-refractivity contribution < 1.29 is 32.3 Å². The number of anilines is 2. The standard InChI is InChI=1S/C37H36F4N6O4S/c38-29-25(20-42-16-12-22-10-11-27(48)33-35(22)52-37(51)46-33)30(39)32(41)34(31(29)40)45-28(49)15-19-47-17-13-23(14-18-47)43-36(50)44-26-9-5-4-8-24(26)21-6-2-1-3-7-21/h1-11,23,42,48H,12-20H2,(H,45,49)(H,46,51)(H2,43,44,50). The summed E-state index contributed by atoms with van der Waals surface area (Å²) in [5.74, 6) is -7.58. The minimum absolute atomic E-state index is 0.0924. The highest BCUT2D eigenvalue weighted by Crippen LogP contribution is 2.30. The van der Waals surface area contributed by atoms with E-state index < -0.39 is 47.0 Å². The Bertz CT molecular complexity index is 2110. The number of thiazole rings is 1. The molecule has 6 rings (SSSR count). The summed E-state index contributed by atoms with van der Waals surface area (Å²) in [5.41, 5.74) is 1.46. The number of amides is 3. The average molecular weight is 737 g/mol. The van der Waals surface area contributed by atoms with E-state index in [1.54, 1.807) is 6.07 Å². The van der Waals surface area contributed by atoms with Crippen LogP contribution in [0.2, 0.25) is 0 Å². The molecule has 52 heavy (non-hydrogen) atoms. The second-order valence-electron chi connectivity index (χ2n) is 12.4. The smallest absolute Gasteiger partial charge is 0.319 e. The van der Waals surface area contributed by atoms with Gasteiger partial charge in [0.2, 0.25) is 5.91 Å². The lowest BCUT2D eigenvalue weighted by Crippen LogP contribution is -2.46. The molecule has 15 heteroatoms. The van der Waals surface area contributed by atoms with Gasteiger partial charge in [0, 0.05) is 49.8 Å². The molecule has 10 nitrogen and oxygen atoms in total. The number of benzene rings is 4. The van der Waals surface area contributed by atoms with Gasteiger partial charge in [0.15, 0.2) is 23.3 Å². The van der Waals surface area contributed by atoms with Crippen LogP contribution in [0.25, 0.3) is 21.3 Å². The van der Waals surface area contributed by atoms with Gasteiger partial charge in [0.1, 0.15) is 17.0 Å². The molecule has 0 bridgehead atoms. The number of likely N-dealkylation sites (tertiary alicyclic amines) is 1. The van der Waals surface area contributed by atoms with Gasteiger partial charge in [-0.05, 0) is 49.1 Å². The summed E-state index contributed by atoms with van der Waals surface area (Å²) >= 11 is 0.904. The number of aromatic nitrogens is 1. The molecule has 1 aromatic heterocycles. The van der Waals surface area contributed by atoms with Gasteiger partial charge in [-0.3, -0.25) is 9.59 Å². The molecule has 6 N–H and O–H groups in total. The molecule has 0 saturated carbocycles. The number of fused-ring (bicyclic) bond motifs is 1. The number of carbonyl (C=O) groups excluding carboxylic acids is 2. The number of urea groups is 1. The highest BCUT2D eigenvalue weighted by atomic mass is 32.1. The van der Waals surface area contributed by atoms with Crippen LogP contribution in [0.5, 0.6) is 5.75 Å². The summed E-state index contributed by atoms with van der Waals surface area (Å²) < 4.78 is 60.2. The lowest BCUT2D eigenvalue weighted by atomic mass is 10.0. The Hall–Kier alpha value is -5.25. The molecule has 272 valence electrons. The number of nitrogens with zero attached hydrogens (tertiary/aromatic N) is 1. The molecule has 0 radical (unpaired) electrons. The Morgan fingerprint density at radius 1 is 0.885 bits per heavy atom. The summed E-state index contributed by atoms with van der Waals surface area (Å²) in [6, 6.07) is 19.8. The van der Waals surface area contributed by atoms with Crippen molar-refractivity contribution in [2.24, 2.45) is 0 Å². The highest BCUT2D eigenvalue weighted by molar-refractivity contribution is 7.16. The van der Waals surface area contributed by atoms with Crippen molar-refractivity contribution in [1.82, 2.24) is 20.5 Å². The van der Waals surface area contributed by atoms with E-state index in [4.69, 9.17) is 0 Å². The van der Waals surface area contributed by atoms with E-state index in [-0.39, 0.29) is 47.7 Å². The number of H-pyrrole nitrogens is 1. The first kappa shape index (κ1) is 36.5. The van der Waals surface area contributed by atoms with Gasteiger partial charge < -0.3 is 36.3 Å². The predicted molar refractivity (Wildman–Crippen MR) is 193 cm³/mol. The van der Waals surface area contributed by atoms with E-state index in [9.17, 15) is 37.1 Å². The van der Waals surface area contributed by atoms with E-state index in [0.717, 1.165) is 22.5 Å². The van der Waals surface area contributed by atoms with Gasteiger partial charge in [-0.25, -0.2) is 22.4 Å². The molecule has 0 atom stereocenters. The number of aromatic amines is 1. The molecule has 5 aromatic rings. The van der Waals surface area contributed by atoms with E-state index >= 15 is 0 Å². The fraction of sp³-hybridized carbons (Fsp3) is 0.270.